The molecule has 9 nitrogen and oxygen atoms in total. The predicted octanol–water partition coefficient (Wildman–Crippen LogP) is 3.76. The molecule has 0 saturated carbocycles. The molecule has 3 aromatic carbocycles. The lowest BCUT2D eigenvalue weighted by Crippen LogP contribution is -2.25. The van der Waals surface area contributed by atoms with E-state index in [0.29, 0.717) is 10.0 Å². The van der Waals surface area contributed by atoms with E-state index in [1.807, 2.05) is 0 Å². The number of aliphatic hydroxyl groups excluding tert-OH is 1. The second-order valence-electron chi connectivity index (χ2n) is 6.43. The van der Waals surface area contributed by atoms with Gasteiger partial charge in [0.1, 0.15) is 5.75 Å². The number of hydrogen-bond acceptors (Lipinski definition) is 7. The highest BCUT2D eigenvalue weighted by molar-refractivity contribution is 9.10. The van der Waals surface area contributed by atoms with Crippen LogP contribution in [-0.2, 0) is 4.79 Å². The smallest absolute Gasteiger partial charge is 0.343 e. The number of halogens is 1. The maximum atomic E-state index is 12.4. The fourth-order valence-corrected chi connectivity index (χ4v) is 3.03. The van der Waals surface area contributed by atoms with Gasteiger partial charge in [-0.1, -0.05) is 52.3 Å². The molecule has 0 spiro atoms. The van der Waals surface area contributed by atoms with Gasteiger partial charge >= 0.3 is 5.97 Å². The highest BCUT2D eigenvalue weighted by Crippen LogP contribution is 2.24. The number of non-ortho nitro benzene ring substituents is 1. The van der Waals surface area contributed by atoms with Crippen LogP contribution in [0.1, 0.15) is 27.6 Å². The van der Waals surface area contributed by atoms with Crippen LogP contribution < -0.4 is 10.2 Å². The lowest BCUT2D eigenvalue weighted by Gasteiger charge is -2.09. The van der Waals surface area contributed by atoms with Crippen molar-refractivity contribution in [3.05, 3.63) is 104 Å². The average Bonchev–Trinajstić information content (AvgIpc) is 2.79. The van der Waals surface area contributed by atoms with Gasteiger partial charge in [-0.05, 0) is 29.8 Å². The number of hydrazone groups is 1. The summed E-state index contributed by atoms with van der Waals surface area (Å²) in [6, 6.07) is 18.3. The molecule has 0 heterocycles. The van der Waals surface area contributed by atoms with Crippen molar-refractivity contribution >= 4 is 39.7 Å². The van der Waals surface area contributed by atoms with E-state index in [4.69, 9.17) is 4.74 Å². The van der Waals surface area contributed by atoms with Crippen LogP contribution in [-0.4, -0.2) is 28.1 Å². The van der Waals surface area contributed by atoms with Gasteiger partial charge in [0.15, 0.2) is 6.10 Å². The van der Waals surface area contributed by atoms with Gasteiger partial charge in [-0.25, -0.2) is 10.2 Å². The summed E-state index contributed by atoms with van der Waals surface area (Å²) in [7, 11) is 0. The van der Waals surface area contributed by atoms with Gasteiger partial charge < -0.3 is 9.84 Å². The molecule has 0 bridgehead atoms. The Bertz CT molecular complexity index is 1180. The topological polar surface area (TPSA) is 131 Å². The molecule has 1 atom stereocenters. The fraction of sp³-hybridized carbons (Fsp3) is 0.0455. The Morgan fingerprint density at radius 1 is 1.09 bits per heavy atom. The summed E-state index contributed by atoms with van der Waals surface area (Å²) in [5, 5.41) is 24.9. The number of esters is 1. The number of rotatable bonds is 7. The molecule has 32 heavy (non-hydrogen) atoms. The Morgan fingerprint density at radius 2 is 1.84 bits per heavy atom. The van der Waals surface area contributed by atoms with Crippen LogP contribution in [0.4, 0.5) is 5.69 Å². The van der Waals surface area contributed by atoms with E-state index in [1.165, 1.54) is 12.1 Å². The number of carbonyl (C=O) groups excluding carboxylic acids is 2. The molecule has 0 aliphatic rings. The van der Waals surface area contributed by atoms with Crippen molar-refractivity contribution in [3.63, 3.8) is 0 Å². The van der Waals surface area contributed by atoms with Crippen molar-refractivity contribution in [1.29, 1.82) is 0 Å². The third-order valence-electron chi connectivity index (χ3n) is 4.21. The Morgan fingerprint density at radius 3 is 2.53 bits per heavy atom. The van der Waals surface area contributed by atoms with Crippen molar-refractivity contribution in [3.8, 4) is 5.75 Å². The summed E-state index contributed by atoms with van der Waals surface area (Å²) in [4.78, 5) is 35.1. The molecule has 2 N–H and O–H groups in total. The summed E-state index contributed by atoms with van der Waals surface area (Å²) >= 11 is 3.27. The van der Waals surface area contributed by atoms with Crippen molar-refractivity contribution in [1.82, 2.24) is 5.43 Å². The largest absolute Gasteiger partial charge is 0.422 e. The van der Waals surface area contributed by atoms with Gasteiger partial charge in [-0.2, -0.15) is 5.10 Å². The molecule has 0 aliphatic carbocycles. The zero-order chi connectivity index (χ0) is 23.1. The summed E-state index contributed by atoms with van der Waals surface area (Å²) in [6.07, 6.45) is -0.362. The van der Waals surface area contributed by atoms with Crippen LogP contribution in [0.25, 0.3) is 0 Å². The molecule has 0 aliphatic heterocycles. The molecule has 0 aromatic heterocycles. The van der Waals surface area contributed by atoms with Gasteiger partial charge in [-0.15, -0.1) is 0 Å². The molecule has 1 amide bonds. The zero-order valence-corrected chi connectivity index (χ0v) is 17.9. The number of nitro groups is 1. The number of ether oxygens (including phenoxy) is 1. The van der Waals surface area contributed by atoms with Crippen LogP contribution in [0, 0.1) is 10.1 Å². The van der Waals surface area contributed by atoms with E-state index in [-0.39, 0.29) is 22.6 Å². The molecular weight excluding hydrogens is 482 g/mol. The van der Waals surface area contributed by atoms with E-state index in [1.54, 1.807) is 54.6 Å². The maximum absolute atomic E-state index is 12.4. The van der Waals surface area contributed by atoms with Crippen molar-refractivity contribution in [2.75, 3.05) is 0 Å². The summed E-state index contributed by atoms with van der Waals surface area (Å²) in [5.74, 6) is -1.48. The van der Waals surface area contributed by atoms with Gasteiger partial charge in [0, 0.05) is 22.2 Å². The van der Waals surface area contributed by atoms with Crippen molar-refractivity contribution < 1.29 is 24.4 Å². The SMILES string of the molecule is O=C(Oc1ccc([N+](=O)[O-])cc1/C=N/NC(=O)C(O)c1ccccc1)c1cccc(Br)c1. The summed E-state index contributed by atoms with van der Waals surface area (Å²) in [5.41, 5.74) is 2.62. The van der Waals surface area contributed by atoms with E-state index in [2.05, 4.69) is 26.5 Å². The Balaban J connectivity index is 1.79. The molecular formula is C22H16BrN3O6. The Labute approximate surface area is 190 Å². The fourth-order valence-electron chi connectivity index (χ4n) is 2.63. The number of hydrogen-bond donors (Lipinski definition) is 2. The second-order valence-corrected chi connectivity index (χ2v) is 7.34. The molecule has 3 aromatic rings. The van der Waals surface area contributed by atoms with Crippen LogP contribution in [0.5, 0.6) is 5.75 Å². The third-order valence-corrected chi connectivity index (χ3v) is 4.70. The number of nitro benzene ring substituents is 1. The maximum Gasteiger partial charge on any atom is 0.343 e. The monoisotopic (exact) mass is 497 g/mol. The highest BCUT2D eigenvalue weighted by Gasteiger charge is 2.17. The molecule has 1 unspecified atom stereocenters. The Hall–Kier alpha value is -3.89. The van der Waals surface area contributed by atoms with Crippen molar-refractivity contribution in [2.45, 2.75) is 6.10 Å². The lowest BCUT2D eigenvalue weighted by molar-refractivity contribution is -0.384. The highest BCUT2D eigenvalue weighted by atomic mass is 79.9. The first-order valence-corrected chi connectivity index (χ1v) is 9.96. The van der Waals surface area contributed by atoms with E-state index in [0.717, 1.165) is 12.3 Å². The minimum atomic E-state index is -1.45. The predicted molar refractivity (Wildman–Crippen MR) is 119 cm³/mol. The quantitative estimate of drug-likeness (QED) is 0.168. The molecule has 0 radical (unpaired) electrons. The average molecular weight is 498 g/mol. The normalized spacial score (nSPS) is 11.7. The van der Waals surface area contributed by atoms with E-state index in [9.17, 15) is 24.8 Å². The number of carbonyl (C=O) groups is 2. The molecule has 3 rings (SSSR count). The minimum absolute atomic E-state index is 0.00202. The standard InChI is InChI=1S/C22H16BrN3O6/c23-17-8-4-7-15(11-17)22(29)32-19-10-9-18(26(30)31)12-16(19)13-24-25-21(28)20(27)14-5-2-1-3-6-14/h1-13,20,27H,(H,25,28)/b24-13+. The second kappa shape index (κ2) is 10.4. The molecule has 162 valence electrons. The van der Waals surface area contributed by atoms with Crippen LogP contribution in [0.15, 0.2) is 82.4 Å². The first-order chi connectivity index (χ1) is 15.3. The molecule has 0 saturated heterocycles. The first-order valence-electron chi connectivity index (χ1n) is 9.17. The summed E-state index contributed by atoms with van der Waals surface area (Å²) in [6.45, 7) is 0. The van der Waals surface area contributed by atoms with E-state index >= 15 is 0 Å². The molecule has 0 fully saturated rings. The lowest BCUT2D eigenvalue weighted by atomic mass is 10.1. The summed E-state index contributed by atoms with van der Waals surface area (Å²) < 4.78 is 6.04. The van der Waals surface area contributed by atoms with Gasteiger partial charge in [0.2, 0.25) is 0 Å². The van der Waals surface area contributed by atoms with Gasteiger partial charge in [-0.3, -0.25) is 14.9 Å². The zero-order valence-electron chi connectivity index (χ0n) is 16.3. The van der Waals surface area contributed by atoms with Gasteiger partial charge in [0.25, 0.3) is 11.6 Å². The third kappa shape index (κ3) is 5.84. The van der Waals surface area contributed by atoms with Gasteiger partial charge in [0.05, 0.1) is 16.7 Å². The van der Waals surface area contributed by atoms with Crippen LogP contribution in [0.3, 0.4) is 0 Å². The Kier molecular flexibility index (Phi) is 7.42. The molecule has 10 heteroatoms. The number of benzene rings is 3. The van der Waals surface area contributed by atoms with Crippen LogP contribution in [0.2, 0.25) is 0 Å². The first kappa shape index (κ1) is 22.8. The number of nitrogens with zero attached hydrogens (tertiary/aromatic N) is 2. The van der Waals surface area contributed by atoms with Crippen LogP contribution >= 0.6 is 15.9 Å². The van der Waals surface area contributed by atoms with E-state index < -0.39 is 22.9 Å². The van der Waals surface area contributed by atoms with Crippen molar-refractivity contribution in [2.24, 2.45) is 5.10 Å². The number of amides is 1. The minimum Gasteiger partial charge on any atom is -0.422 e. The number of aliphatic hydroxyl groups is 1. The number of nitrogens with one attached hydrogen (secondary N) is 1.